The summed E-state index contributed by atoms with van der Waals surface area (Å²) in [7, 11) is 3.88. The lowest BCUT2D eigenvalue weighted by atomic mass is 10.2. The van der Waals surface area contributed by atoms with Crippen molar-refractivity contribution < 1.29 is 13.9 Å². The van der Waals surface area contributed by atoms with E-state index in [-0.39, 0.29) is 18.3 Å². The van der Waals surface area contributed by atoms with Gasteiger partial charge in [-0.15, -0.1) is 0 Å². The number of amides is 1. The molecule has 0 radical (unpaired) electrons. The summed E-state index contributed by atoms with van der Waals surface area (Å²) in [6.45, 7) is 2.94. The first kappa shape index (κ1) is 20.5. The van der Waals surface area contributed by atoms with Crippen LogP contribution in [0.3, 0.4) is 0 Å². The zero-order chi connectivity index (χ0) is 20.3. The summed E-state index contributed by atoms with van der Waals surface area (Å²) in [5.41, 5.74) is 1.80. The van der Waals surface area contributed by atoms with Crippen molar-refractivity contribution in [1.82, 2.24) is 9.88 Å². The number of carbonyl (C=O) groups is 1. The highest BCUT2D eigenvalue weighted by Gasteiger charge is 2.22. The predicted octanol–water partition coefficient (Wildman–Crippen LogP) is 4.37. The van der Waals surface area contributed by atoms with Crippen molar-refractivity contribution in [2.45, 2.75) is 6.92 Å². The Labute approximate surface area is 172 Å². The fourth-order valence-electron chi connectivity index (χ4n) is 2.59. The predicted molar refractivity (Wildman–Crippen MR) is 112 cm³/mol. The molecule has 0 spiro atoms. The van der Waals surface area contributed by atoms with Crippen molar-refractivity contribution in [3.05, 3.63) is 52.8 Å². The van der Waals surface area contributed by atoms with E-state index in [0.717, 1.165) is 15.8 Å². The minimum absolute atomic E-state index is 0.165. The molecule has 0 atom stereocenters. The second kappa shape index (κ2) is 8.86. The highest BCUT2D eigenvalue weighted by atomic mass is 35.5. The lowest BCUT2D eigenvalue weighted by Gasteiger charge is -2.22. The molecule has 28 heavy (non-hydrogen) atoms. The number of thiazole rings is 1. The number of nitrogens with zero attached hydrogens (tertiary/aromatic N) is 3. The van der Waals surface area contributed by atoms with E-state index in [4.69, 9.17) is 16.3 Å². The van der Waals surface area contributed by atoms with Crippen molar-refractivity contribution in [3.8, 4) is 5.75 Å². The van der Waals surface area contributed by atoms with E-state index in [2.05, 4.69) is 4.98 Å². The van der Waals surface area contributed by atoms with Gasteiger partial charge in [0.15, 0.2) is 11.7 Å². The molecule has 1 amide bonds. The standard InChI is InChI=1S/C20H21ClFN3O2S/c1-13-4-9-16(21)19-18(13)23-20(28-19)25(11-10-24(2)3)17(26)12-27-15-7-5-14(22)6-8-15/h4-9H,10-12H2,1-3H3. The van der Waals surface area contributed by atoms with E-state index in [1.54, 1.807) is 4.90 Å². The van der Waals surface area contributed by atoms with Crippen molar-refractivity contribution in [2.75, 3.05) is 38.7 Å². The largest absolute Gasteiger partial charge is 0.484 e. The Morgan fingerprint density at radius 3 is 2.54 bits per heavy atom. The molecule has 0 saturated carbocycles. The van der Waals surface area contributed by atoms with Gasteiger partial charge < -0.3 is 9.64 Å². The number of carbonyl (C=O) groups excluding carboxylic acids is 1. The van der Waals surface area contributed by atoms with Crippen LogP contribution in [0.2, 0.25) is 5.02 Å². The molecule has 1 heterocycles. The second-order valence-corrected chi connectivity index (χ2v) is 8.01. The summed E-state index contributed by atoms with van der Waals surface area (Å²) >= 11 is 7.70. The maximum Gasteiger partial charge on any atom is 0.266 e. The van der Waals surface area contributed by atoms with Gasteiger partial charge in [0.2, 0.25) is 0 Å². The topological polar surface area (TPSA) is 45.7 Å². The van der Waals surface area contributed by atoms with E-state index in [1.807, 2.05) is 38.1 Å². The number of aromatic nitrogens is 1. The third-order valence-electron chi connectivity index (χ3n) is 4.16. The van der Waals surface area contributed by atoms with Crippen molar-refractivity contribution in [3.63, 3.8) is 0 Å². The minimum atomic E-state index is -0.354. The molecule has 0 N–H and O–H groups in total. The lowest BCUT2D eigenvalue weighted by Crippen LogP contribution is -2.39. The smallest absolute Gasteiger partial charge is 0.266 e. The number of anilines is 1. The number of ether oxygens (including phenoxy) is 1. The SMILES string of the molecule is Cc1ccc(Cl)c2sc(N(CCN(C)C)C(=O)COc3ccc(F)cc3)nc12. The van der Waals surface area contributed by atoms with Crippen LogP contribution in [-0.2, 0) is 4.79 Å². The molecule has 1 aromatic heterocycles. The molecule has 3 rings (SSSR count). The van der Waals surface area contributed by atoms with Crippen LogP contribution >= 0.6 is 22.9 Å². The monoisotopic (exact) mass is 421 g/mol. The molecule has 0 aliphatic carbocycles. The fraction of sp³-hybridized carbons (Fsp3) is 0.300. The molecule has 0 aliphatic heterocycles. The number of hydrogen-bond acceptors (Lipinski definition) is 5. The molecule has 148 valence electrons. The minimum Gasteiger partial charge on any atom is -0.484 e. The van der Waals surface area contributed by atoms with Crippen LogP contribution in [0.15, 0.2) is 36.4 Å². The first-order valence-corrected chi connectivity index (χ1v) is 9.93. The van der Waals surface area contributed by atoms with Crippen LogP contribution in [0.4, 0.5) is 9.52 Å². The Bertz CT molecular complexity index is 936. The van der Waals surface area contributed by atoms with Crippen molar-refractivity contribution in [1.29, 1.82) is 0 Å². The number of rotatable bonds is 7. The average molecular weight is 422 g/mol. The summed E-state index contributed by atoms with van der Waals surface area (Å²) in [5.74, 6) is -0.141. The van der Waals surface area contributed by atoms with Gasteiger partial charge in [0.05, 0.1) is 15.2 Å². The van der Waals surface area contributed by atoms with Gasteiger partial charge in [0, 0.05) is 13.1 Å². The van der Waals surface area contributed by atoms with Crippen molar-refractivity contribution in [2.24, 2.45) is 0 Å². The number of halogens is 2. The lowest BCUT2D eigenvalue weighted by molar-refractivity contribution is -0.120. The normalized spacial score (nSPS) is 11.2. The Morgan fingerprint density at radius 1 is 1.18 bits per heavy atom. The highest BCUT2D eigenvalue weighted by Crippen LogP contribution is 2.35. The van der Waals surface area contributed by atoms with E-state index in [1.165, 1.54) is 35.6 Å². The molecule has 5 nitrogen and oxygen atoms in total. The summed E-state index contributed by atoms with van der Waals surface area (Å²) < 4.78 is 19.4. The molecule has 0 unspecified atom stereocenters. The number of hydrogen-bond donors (Lipinski definition) is 0. The van der Waals surface area contributed by atoms with Crippen LogP contribution in [0.1, 0.15) is 5.56 Å². The highest BCUT2D eigenvalue weighted by molar-refractivity contribution is 7.23. The van der Waals surface area contributed by atoms with Crippen LogP contribution in [0.5, 0.6) is 5.75 Å². The third kappa shape index (κ3) is 4.79. The zero-order valence-corrected chi connectivity index (χ0v) is 17.5. The Balaban J connectivity index is 1.83. The Kier molecular flexibility index (Phi) is 6.49. The molecule has 0 aliphatic rings. The number of benzene rings is 2. The summed E-state index contributed by atoms with van der Waals surface area (Å²) in [5, 5.41) is 1.20. The van der Waals surface area contributed by atoms with Gasteiger partial charge in [-0.2, -0.15) is 0 Å². The van der Waals surface area contributed by atoms with Gasteiger partial charge in [-0.05, 0) is 56.9 Å². The van der Waals surface area contributed by atoms with Crippen LogP contribution < -0.4 is 9.64 Å². The molecule has 0 fully saturated rings. The van der Waals surface area contributed by atoms with Gasteiger partial charge in [0.25, 0.3) is 5.91 Å². The first-order valence-electron chi connectivity index (χ1n) is 8.74. The number of fused-ring (bicyclic) bond motifs is 1. The number of aryl methyl sites for hydroxylation is 1. The van der Waals surface area contributed by atoms with Crippen LogP contribution in [-0.4, -0.2) is 49.6 Å². The zero-order valence-electron chi connectivity index (χ0n) is 15.9. The van der Waals surface area contributed by atoms with E-state index in [0.29, 0.717) is 29.0 Å². The van der Waals surface area contributed by atoms with E-state index in [9.17, 15) is 9.18 Å². The van der Waals surface area contributed by atoms with Gasteiger partial charge in [-0.25, -0.2) is 9.37 Å². The van der Waals surface area contributed by atoms with Gasteiger partial charge >= 0.3 is 0 Å². The summed E-state index contributed by atoms with van der Waals surface area (Å²) in [6, 6.07) is 9.33. The quantitative estimate of drug-likeness (QED) is 0.568. The Hall–Kier alpha value is -2.22. The van der Waals surface area contributed by atoms with Crippen molar-refractivity contribution >= 4 is 44.2 Å². The molecule has 3 aromatic rings. The van der Waals surface area contributed by atoms with E-state index >= 15 is 0 Å². The molecule has 0 bridgehead atoms. The van der Waals surface area contributed by atoms with E-state index < -0.39 is 0 Å². The summed E-state index contributed by atoms with van der Waals surface area (Å²) in [4.78, 5) is 21.1. The van der Waals surface area contributed by atoms with Crippen LogP contribution in [0, 0.1) is 12.7 Å². The number of likely N-dealkylation sites (N-methyl/N-ethyl adjacent to an activating group) is 1. The molecule has 8 heteroatoms. The molecule has 0 saturated heterocycles. The molecule has 2 aromatic carbocycles. The maximum atomic E-state index is 13.0. The van der Waals surface area contributed by atoms with Gasteiger partial charge in [-0.3, -0.25) is 9.69 Å². The summed E-state index contributed by atoms with van der Waals surface area (Å²) in [6.07, 6.45) is 0. The van der Waals surface area contributed by atoms with Gasteiger partial charge in [0.1, 0.15) is 11.6 Å². The average Bonchev–Trinajstić information content (AvgIpc) is 3.10. The Morgan fingerprint density at radius 2 is 1.89 bits per heavy atom. The molecular weight excluding hydrogens is 401 g/mol. The van der Waals surface area contributed by atoms with Crippen LogP contribution in [0.25, 0.3) is 10.2 Å². The maximum absolute atomic E-state index is 13.0. The van der Waals surface area contributed by atoms with Gasteiger partial charge in [-0.1, -0.05) is 29.0 Å². The molecular formula is C20H21ClFN3O2S. The fourth-order valence-corrected chi connectivity index (χ4v) is 3.95. The first-order chi connectivity index (χ1) is 13.3. The second-order valence-electron chi connectivity index (χ2n) is 6.63. The third-order valence-corrected chi connectivity index (χ3v) is 5.70.